The number of aromatic nitrogens is 2. The molecule has 0 unspecified atom stereocenters. The predicted octanol–water partition coefficient (Wildman–Crippen LogP) is -0.163. The van der Waals surface area contributed by atoms with Crippen LogP contribution < -0.4 is 16.2 Å². The maximum absolute atomic E-state index is 11.9. The molecular weight excluding hydrogens is 304 g/mol. The number of amides is 2. The number of carboxylic acids is 1. The number of hydrogen-bond donors (Lipinski definition) is 4. The van der Waals surface area contributed by atoms with E-state index in [1.165, 1.54) is 36.4 Å². The summed E-state index contributed by atoms with van der Waals surface area (Å²) in [5.41, 5.74) is 0.287. The zero-order chi connectivity index (χ0) is 16.8. The number of H-pyrrole nitrogens is 1. The summed E-state index contributed by atoms with van der Waals surface area (Å²) in [6.45, 7) is -0.477. The zero-order valence-corrected chi connectivity index (χ0v) is 11.7. The van der Waals surface area contributed by atoms with Gasteiger partial charge < -0.3 is 15.7 Å². The van der Waals surface area contributed by atoms with Crippen molar-refractivity contribution in [1.82, 2.24) is 15.5 Å². The number of aromatic amines is 1. The van der Waals surface area contributed by atoms with Crippen molar-refractivity contribution in [3.8, 4) is 0 Å². The van der Waals surface area contributed by atoms with Crippen LogP contribution in [0.15, 0.2) is 41.2 Å². The molecule has 9 nitrogen and oxygen atoms in total. The molecule has 0 aliphatic carbocycles. The van der Waals surface area contributed by atoms with Crippen LogP contribution in [0.4, 0.5) is 5.69 Å². The van der Waals surface area contributed by atoms with Gasteiger partial charge in [0, 0.05) is 17.3 Å². The highest BCUT2D eigenvalue weighted by molar-refractivity contribution is 6.03. The van der Waals surface area contributed by atoms with Crippen LogP contribution in [0.1, 0.15) is 20.8 Å². The maximum atomic E-state index is 11.9. The summed E-state index contributed by atoms with van der Waals surface area (Å²) in [6, 6.07) is 8.30. The number of hydrogen-bond acceptors (Lipinski definition) is 5. The van der Waals surface area contributed by atoms with E-state index in [0.29, 0.717) is 5.69 Å². The van der Waals surface area contributed by atoms with E-state index < -0.39 is 29.9 Å². The predicted molar refractivity (Wildman–Crippen MR) is 79.2 cm³/mol. The van der Waals surface area contributed by atoms with E-state index in [-0.39, 0.29) is 11.3 Å². The highest BCUT2D eigenvalue weighted by Gasteiger charge is 2.10. The van der Waals surface area contributed by atoms with Crippen LogP contribution in [0.3, 0.4) is 0 Å². The summed E-state index contributed by atoms with van der Waals surface area (Å²) in [4.78, 5) is 44.8. The highest BCUT2D eigenvalue weighted by Crippen LogP contribution is 2.10. The molecule has 2 amide bonds. The van der Waals surface area contributed by atoms with Gasteiger partial charge in [-0.25, -0.2) is 5.10 Å². The largest absolute Gasteiger partial charge is 0.480 e. The fraction of sp³-hybridized carbons (Fsp3) is 0.0714. The number of carbonyl (C=O) groups is 3. The van der Waals surface area contributed by atoms with Gasteiger partial charge in [0.05, 0.1) is 0 Å². The first-order valence-corrected chi connectivity index (χ1v) is 6.43. The number of carboxylic acid groups (broad SMARTS) is 1. The molecule has 118 valence electrons. The second-order valence-corrected chi connectivity index (χ2v) is 4.41. The molecule has 0 aliphatic heterocycles. The van der Waals surface area contributed by atoms with Crippen LogP contribution in [0.2, 0.25) is 0 Å². The van der Waals surface area contributed by atoms with Crippen molar-refractivity contribution in [2.45, 2.75) is 0 Å². The van der Waals surface area contributed by atoms with E-state index in [1.54, 1.807) is 0 Å². The lowest BCUT2D eigenvalue weighted by Crippen LogP contribution is -2.29. The number of benzene rings is 1. The fourth-order valence-electron chi connectivity index (χ4n) is 1.63. The van der Waals surface area contributed by atoms with Crippen molar-refractivity contribution < 1.29 is 19.5 Å². The van der Waals surface area contributed by atoms with Crippen LogP contribution >= 0.6 is 0 Å². The average Bonchev–Trinajstić information content (AvgIpc) is 2.54. The highest BCUT2D eigenvalue weighted by atomic mass is 16.4. The van der Waals surface area contributed by atoms with Gasteiger partial charge in [-0.3, -0.25) is 19.2 Å². The van der Waals surface area contributed by atoms with Crippen molar-refractivity contribution in [2.24, 2.45) is 0 Å². The third-order valence-electron chi connectivity index (χ3n) is 2.72. The number of carbonyl (C=O) groups excluding carboxylic acids is 2. The van der Waals surface area contributed by atoms with Crippen molar-refractivity contribution in [2.75, 3.05) is 11.9 Å². The van der Waals surface area contributed by atoms with Crippen molar-refractivity contribution in [1.29, 1.82) is 0 Å². The molecule has 0 bridgehead atoms. The first-order valence-electron chi connectivity index (χ1n) is 6.43. The van der Waals surface area contributed by atoms with E-state index in [4.69, 9.17) is 5.11 Å². The molecule has 1 aromatic carbocycles. The number of rotatable bonds is 5. The Labute approximate surface area is 129 Å². The Bertz CT molecular complexity index is 777. The second-order valence-electron chi connectivity index (χ2n) is 4.41. The topological polar surface area (TPSA) is 141 Å². The van der Waals surface area contributed by atoms with Crippen molar-refractivity contribution in [3.05, 3.63) is 58.0 Å². The molecule has 23 heavy (non-hydrogen) atoms. The lowest BCUT2D eigenvalue weighted by Gasteiger charge is -2.06. The molecular formula is C14H12N4O5. The summed E-state index contributed by atoms with van der Waals surface area (Å²) < 4.78 is 0. The van der Waals surface area contributed by atoms with Gasteiger partial charge in [-0.2, -0.15) is 5.10 Å². The molecule has 0 saturated heterocycles. The number of anilines is 1. The Hall–Kier alpha value is -3.49. The van der Waals surface area contributed by atoms with Gasteiger partial charge in [0.15, 0.2) is 0 Å². The van der Waals surface area contributed by atoms with Gasteiger partial charge in [0.25, 0.3) is 17.4 Å². The van der Waals surface area contributed by atoms with Gasteiger partial charge in [0.1, 0.15) is 12.2 Å². The third-order valence-corrected chi connectivity index (χ3v) is 2.72. The Morgan fingerprint density at radius 3 is 2.30 bits per heavy atom. The summed E-state index contributed by atoms with van der Waals surface area (Å²) in [7, 11) is 0. The van der Waals surface area contributed by atoms with E-state index in [9.17, 15) is 19.2 Å². The minimum Gasteiger partial charge on any atom is -0.480 e. The lowest BCUT2D eigenvalue weighted by atomic mass is 10.2. The zero-order valence-electron chi connectivity index (χ0n) is 11.7. The van der Waals surface area contributed by atoms with Crippen LogP contribution in [-0.2, 0) is 4.79 Å². The smallest absolute Gasteiger partial charge is 0.322 e. The molecule has 0 spiro atoms. The molecule has 4 N–H and O–H groups in total. The van der Waals surface area contributed by atoms with Gasteiger partial charge in [-0.15, -0.1) is 0 Å². The molecule has 0 saturated carbocycles. The molecule has 2 rings (SSSR count). The molecule has 1 heterocycles. The molecule has 0 atom stereocenters. The Morgan fingerprint density at radius 2 is 1.74 bits per heavy atom. The Morgan fingerprint density at radius 1 is 1.04 bits per heavy atom. The van der Waals surface area contributed by atoms with E-state index >= 15 is 0 Å². The maximum Gasteiger partial charge on any atom is 0.322 e. The van der Waals surface area contributed by atoms with Crippen LogP contribution in [0.5, 0.6) is 0 Å². The minimum atomic E-state index is -1.14. The van der Waals surface area contributed by atoms with Gasteiger partial charge in [-0.05, 0) is 30.3 Å². The summed E-state index contributed by atoms with van der Waals surface area (Å²) >= 11 is 0. The van der Waals surface area contributed by atoms with Crippen LogP contribution in [0, 0.1) is 0 Å². The second kappa shape index (κ2) is 6.98. The fourth-order valence-corrected chi connectivity index (χ4v) is 1.63. The molecule has 0 fully saturated rings. The Balaban J connectivity index is 2.00. The third kappa shape index (κ3) is 4.49. The number of nitrogens with zero attached hydrogens (tertiary/aromatic N) is 1. The lowest BCUT2D eigenvalue weighted by molar-refractivity contribution is -0.135. The standard InChI is InChI=1S/C14H12N4O5/c19-11-6-5-10(17-18-11)14(23)16-9-3-1-8(2-4-9)13(22)15-7-12(20)21/h1-6H,7H2,(H,15,22)(H,16,23)(H,18,19)(H,20,21). The molecule has 0 aliphatic rings. The molecule has 9 heteroatoms. The van der Waals surface area contributed by atoms with Crippen LogP contribution in [0.25, 0.3) is 0 Å². The van der Waals surface area contributed by atoms with E-state index in [1.807, 2.05) is 0 Å². The monoisotopic (exact) mass is 316 g/mol. The SMILES string of the molecule is O=C(O)CNC(=O)c1ccc(NC(=O)c2ccc(=O)[nH]n2)cc1. The first kappa shape index (κ1) is 15.9. The Kier molecular flexibility index (Phi) is 4.82. The van der Waals surface area contributed by atoms with Gasteiger partial charge in [0.2, 0.25) is 0 Å². The summed E-state index contributed by atoms with van der Waals surface area (Å²) in [6.07, 6.45) is 0. The normalized spacial score (nSPS) is 9.91. The van der Waals surface area contributed by atoms with E-state index in [2.05, 4.69) is 20.8 Å². The van der Waals surface area contributed by atoms with E-state index in [0.717, 1.165) is 0 Å². The molecule has 2 aromatic rings. The molecule has 1 aromatic heterocycles. The number of aliphatic carboxylic acids is 1. The van der Waals surface area contributed by atoms with Crippen molar-refractivity contribution >= 4 is 23.5 Å². The quantitative estimate of drug-likeness (QED) is 0.604. The summed E-state index contributed by atoms with van der Waals surface area (Å²) in [5, 5.41) is 19.0. The van der Waals surface area contributed by atoms with Crippen molar-refractivity contribution in [3.63, 3.8) is 0 Å². The minimum absolute atomic E-state index is 0.0351. The van der Waals surface area contributed by atoms with Crippen LogP contribution in [-0.4, -0.2) is 39.6 Å². The van der Waals surface area contributed by atoms with Gasteiger partial charge >= 0.3 is 5.97 Å². The van der Waals surface area contributed by atoms with Gasteiger partial charge in [-0.1, -0.05) is 0 Å². The summed E-state index contributed by atoms with van der Waals surface area (Å²) in [5.74, 6) is -2.20. The number of nitrogens with one attached hydrogen (secondary N) is 3. The molecule has 0 radical (unpaired) electrons. The average molecular weight is 316 g/mol. The first-order chi connectivity index (χ1) is 11.0.